The molecule has 2 aromatic carbocycles. The van der Waals surface area contributed by atoms with Gasteiger partial charge in [-0.05, 0) is 49.4 Å². The van der Waals surface area contributed by atoms with Crippen LogP contribution in [-0.2, 0) is 0 Å². The van der Waals surface area contributed by atoms with Gasteiger partial charge >= 0.3 is 0 Å². The molecule has 0 saturated carbocycles. The number of aryl methyl sites for hydroxylation is 1. The van der Waals surface area contributed by atoms with Gasteiger partial charge in [-0.25, -0.2) is 8.95 Å². The van der Waals surface area contributed by atoms with Gasteiger partial charge in [0.2, 0.25) is 5.96 Å². The number of ether oxygens (including phenoxy) is 1. The maximum absolute atomic E-state index is 8.93. The molecule has 0 aliphatic heterocycles. The largest absolute Gasteiger partial charge is 0.497 e. The third kappa shape index (κ3) is 3.99. The summed E-state index contributed by atoms with van der Waals surface area (Å²) in [6.07, 6.45) is 0. The fourth-order valence-corrected chi connectivity index (χ4v) is 3.09. The summed E-state index contributed by atoms with van der Waals surface area (Å²) in [5, 5.41) is 20.4. The Bertz CT molecular complexity index is 1040. The maximum atomic E-state index is 8.93. The number of nitrogens with zero attached hydrogens (tertiary/aromatic N) is 3. The third-order valence-corrected chi connectivity index (χ3v) is 4.50. The number of methoxy groups -OCH3 is 1. The first-order chi connectivity index (χ1) is 12.6. The van der Waals surface area contributed by atoms with Gasteiger partial charge in [-0.15, -0.1) is 0 Å². The zero-order chi connectivity index (χ0) is 18.5. The Balaban J connectivity index is 2.03. The molecule has 0 atom stereocenters. The van der Waals surface area contributed by atoms with Crippen LogP contribution in [0.4, 0.5) is 11.4 Å². The lowest BCUT2D eigenvalue weighted by atomic mass is 10.2. The van der Waals surface area contributed by atoms with E-state index in [1.54, 1.807) is 41.4 Å². The zero-order valence-electron chi connectivity index (χ0n) is 14.4. The molecule has 26 heavy (non-hydrogen) atoms. The van der Waals surface area contributed by atoms with E-state index in [2.05, 4.69) is 16.4 Å². The topological polar surface area (TPSA) is 86.2 Å². The van der Waals surface area contributed by atoms with Crippen molar-refractivity contribution < 1.29 is 4.74 Å². The highest BCUT2D eigenvalue weighted by Crippen LogP contribution is 2.19. The molecule has 1 aromatic heterocycles. The van der Waals surface area contributed by atoms with E-state index in [1.807, 2.05) is 31.2 Å². The third-order valence-electron chi connectivity index (χ3n) is 3.54. The fourth-order valence-electron chi connectivity index (χ4n) is 2.31. The van der Waals surface area contributed by atoms with Gasteiger partial charge in [-0.3, -0.25) is 5.41 Å². The van der Waals surface area contributed by atoms with Crippen LogP contribution in [0.25, 0.3) is 0 Å². The first kappa shape index (κ1) is 17.5. The number of hydrogen-bond donors (Lipinski definition) is 2. The van der Waals surface area contributed by atoms with E-state index >= 15 is 0 Å². The Hall–Kier alpha value is -3.37. The van der Waals surface area contributed by atoms with Crippen molar-refractivity contribution in [2.75, 3.05) is 12.4 Å². The molecule has 3 rings (SSSR count). The second-order valence-electron chi connectivity index (χ2n) is 5.48. The molecular weight excluding hydrogens is 346 g/mol. The summed E-state index contributed by atoms with van der Waals surface area (Å²) in [5.74, 6) is 1.23. The smallest absolute Gasteiger partial charge is 0.223 e. The Kier molecular flexibility index (Phi) is 5.15. The second-order valence-corrected chi connectivity index (χ2v) is 6.67. The van der Waals surface area contributed by atoms with E-state index in [0.29, 0.717) is 22.7 Å². The second kappa shape index (κ2) is 7.68. The van der Waals surface area contributed by atoms with E-state index in [0.717, 1.165) is 16.3 Å². The van der Waals surface area contributed by atoms with Gasteiger partial charge in [0, 0.05) is 16.6 Å². The Morgan fingerprint density at radius 1 is 1.23 bits per heavy atom. The van der Waals surface area contributed by atoms with E-state index < -0.39 is 0 Å². The lowest BCUT2D eigenvalue weighted by Crippen LogP contribution is -2.28. The lowest BCUT2D eigenvalue weighted by molar-refractivity contribution is 0.415. The number of aliphatic imine (C=N–C) groups is 1. The summed E-state index contributed by atoms with van der Waals surface area (Å²) < 4.78 is 6.98. The van der Waals surface area contributed by atoms with E-state index in [4.69, 9.17) is 15.4 Å². The van der Waals surface area contributed by atoms with Crippen LogP contribution in [0.15, 0.2) is 59.6 Å². The molecule has 130 valence electrons. The molecule has 0 spiro atoms. The maximum Gasteiger partial charge on any atom is 0.223 e. The van der Waals surface area contributed by atoms with Crippen molar-refractivity contribution in [1.82, 2.24) is 3.96 Å². The van der Waals surface area contributed by atoms with Crippen LogP contribution in [0.5, 0.6) is 5.75 Å². The van der Waals surface area contributed by atoms with Gasteiger partial charge in [-0.2, -0.15) is 5.26 Å². The Morgan fingerprint density at radius 2 is 2.00 bits per heavy atom. The van der Waals surface area contributed by atoms with Crippen molar-refractivity contribution in [2.24, 2.45) is 4.99 Å². The standard InChI is InChI=1S/C19H17N5OS/c1-13-10-18(21)24(26-13)19(22-15-8-6-14(12-20)7-9-15)23-16-4-3-5-17(11-16)25-2/h3-11,21H,1-2H3,(H,22,23). The molecule has 7 heteroatoms. The van der Waals surface area contributed by atoms with E-state index in [1.165, 1.54) is 11.5 Å². The van der Waals surface area contributed by atoms with Crippen molar-refractivity contribution in [1.29, 1.82) is 10.7 Å². The van der Waals surface area contributed by atoms with Crippen LogP contribution in [0.2, 0.25) is 0 Å². The molecule has 0 aliphatic carbocycles. The van der Waals surface area contributed by atoms with Crippen molar-refractivity contribution >= 4 is 28.9 Å². The molecule has 0 fully saturated rings. The predicted octanol–water partition coefficient (Wildman–Crippen LogP) is 3.87. The number of nitriles is 1. The fraction of sp³-hybridized carbons (Fsp3) is 0.105. The van der Waals surface area contributed by atoms with E-state index in [-0.39, 0.29) is 0 Å². The highest BCUT2D eigenvalue weighted by Gasteiger charge is 2.09. The van der Waals surface area contributed by atoms with Gasteiger partial charge in [0.25, 0.3) is 0 Å². The minimum absolute atomic E-state index is 0.343. The normalized spacial score (nSPS) is 11.0. The summed E-state index contributed by atoms with van der Waals surface area (Å²) in [7, 11) is 1.62. The molecule has 0 saturated heterocycles. The van der Waals surface area contributed by atoms with Crippen molar-refractivity contribution in [3.63, 3.8) is 0 Å². The highest BCUT2D eigenvalue weighted by atomic mass is 32.1. The number of benzene rings is 2. The van der Waals surface area contributed by atoms with Crippen LogP contribution < -0.4 is 15.5 Å². The molecular formula is C19H17N5OS. The first-order valence-corrected chi connectivity index (χ1v) is 8.61. The van der Waals surface area contributed by atoms with Crippen LogP contribution in [-0.4, -0.2) is 17.0 Å². The van der Waals surface area contributed by atoms with Gasteiger partial charge in [0.1, 0.15) is 11.2 Å². The monoisotopic (exact) mass is 363 g/mol. The molecule has 0 unspecified atom stereocenters. The number of aromatic nitrogens is 1. The molecule has 3 aromatic rings. The van der Waals surface area contributed by atoms with Crippen LogP contribution in [0.1, 0.15) is 10.4 Å². The van der Waals surface area contributed by atoms with Gasteiger partial charge in [-0.1, -0.05) is 17.6 Å². The zero-order valence-corrected chi connectivity index (χ0v) is 15.2. The summed E-state index contributed by atoms with van der Waals surface area (Å²) in [6, 6.07) is 18.4. The average molecular weight is 363 g/mol. The summed E-state index contributed by atoms with van der Waals surface area (Å²) in [5.41, 5.74) is 2.41. The lowest BCUT2D eigenvalue weighted by Gasteiger charge is -2.11. The predicted molar refractivity (Wildman–Crippen MR) is 103 cm³/mol. The minimum Gasteiger partial charge on any atom is -0.497 e. The molecule has 1 heterocycles. The molecule has 0 amide bonds. The molecule has 0 bridgehead atoms. The van der Waals surface area contributed by atoms with E-state index in [9.17, 15) is 0 Å². The quantitative estimate of drug-likeness (QED) is 0.547. The van der Waals surface area contributed by atoms with Gasteiger partial charge in [0.05, 0.1) is 24.4 Å². The summed E-state index contributed by atoms with van der Waals surface area (Å²) in [4.78, 5) is 5.65. The summed E-state index contributed by atoms with van der Waals surface area (Å²) in [6.45, 7) is 1.95. The Morgan fingerprint density at radius 3 is 2.62 bits per heavy atom. The van der Waals surface area contributed by atoms with Crippen molar-refractivity contribution in [2.45, 2.75) is 6.92 Å². The molecule has 6 nitrogen and oxygen atoms in total. The van der Waals surface area contributed by atoms with Crippen molar-refractivity contribution in [3.8, 4) is 11.8 Å². The SMILES string of the molecule is COc1cccc(NC(=Nc2ccc(C#N)cc2)n2sc(C)cc2=N)c1. The minimum atomic E-state index is 0.343. The van der Waals surface area contributed by atoms with Crippen LogP contribution >= 0.6 is 11.5 Å². The average Bonchev–Trinajstić information content (AvgIpc) is 3.00. The highest BCUT2D eigenvalue weighted by molar-refractivity contribution is 7.07. The number of rotatable bonds is 3. The Labute approximate surface area is 155 Å². The van der Waals surface area contributed by atoms with Gasteiger partial charge in [0.15, 0.2) is 0 Å². The molecule has 2 N–H and O–H groups in total. The number of nitrogens with one attached hydrogen (secondary N) is 2. The van der Waals surface area contributed by atoms with Crippen molar-refractivity contribution in [3.05, 3.63) is 70.5 Å². The number of hydrogen-bond acceptors (Lipinski definition) is 5. The van der Waals surface area contributed by atoms with Gasteiger partial charge < -0.3 is 10.1 Å². The van der Waals surface area contributed by atoms with Crippen LogP contribution in [0, 0.1) is 23.7 Å². The molecule has 0 aliphatic rings. The molecule has 0 radical (unpaired) electrons. The number of anilines is 1. The van der Waals surface area contributed by atoms with Crippen LogP contribution in [0.3, 0.4) is 0 Å². The summed E-state index contributed by atoms with van der Waals surface area (Å²) >= 11 is 1.43. The first-order valence-electron chi connectivity index (χ1n) is 7.84.